The standard InChI is InChI=1S/C12H14O3S/c1-9(13)10-4-2-5-11(8-10)12-6-3-7-16(12,14)15/h2,4-5,8,12H,3,6-7H2,1H3. The first kappa shape index (κ1) is 11.3. The molecule has 3 nitrogen and oxygen atoms in total. The summed E-state index contributed by atoms with van der Waals surface area (Å²) in [5.41, 5.74) is 1.34. The Morgan fingerprint density at radius 2 is 2.12 bits per heavy atom. The van der Waals surface area contributed by atoms with E-state index in [1.165, 1.54) is 6.92 Å². The Morgan fingerprint density at radius 3 is 2.69 bits per heavy atom. The average Bonchev–Trinajstić information content (AvgIpc) is 2.58. The third-order valence-corrected chi connectivity index (χ3v) is 5.23. The van der Waals surface area contributed by atoms with Crippen LogP contribution in [0.5, 0.6) is 0 Å². The first-order valence-electron chi connectivity index (χ1n) is 5.33. The van der Waals surface area contributed by atoms with Gasteiger partial charge in [0.2, 0.25) is 0 Å². The molecule has 1 aromatic carbocycles. The molecule has 0 spiro atoms. The molecule has 86 valence electrons. The topological polar surface area (TPSA) is 51.2 Å². The van der Waals surface area contributed by atoms with Crippen molar-refractivity contribution in [1.29, 1.82) is 0 Å². The first-order valence-corrected chi connectivity index (χ1v) is 7.05. The van der Waals surface area contributed by atoms with Crippen LogP contribution in [0.25, 0.3) is 0 Å². The second kappa shape index (κ2) is 4.01. The molecule has 1 atom stereocenters. The second-order valence-corrected chi connectivity index (χ2v) is 6.48. The van der Waals surface area contributed by atoms with E-state index in [2.05, 4.69) is 0 Å². The summed E-state index contributed by atoms with van der Waals surface area (Å²) in [7, 11) is -2.99. The van der Waals surface area contributed by atoms with E-state index in [-0.39, 0.29) is 11.5 Å². The van der Waals surface area contributed by atoms with Crippen LogP contribution in [0.4, 0.5) is 0 Å². The van der Waals surface area contributed by atoms with Crippen molar-refractivity contribution >= 4 is 15.6 Å². The van der Waals surface area contributed by atoms with Gasteiger partial charge < -0.3 is 0 Å². The van der Waals surface area contributed by atoms with Gasteiger partial charge in [0, 0.05) is 5.56 Å². The fraction of sp³-hybridized carbons (Fsp3) is 0.417. The van der Waals surface area contributed by atoms with Crippen LogP contribution in [0.2, 0.25) is 0 Å². The summed E-state index contributed by atoms with van der Waals surface area (Å²) in [4.78, 5) is 11.2. The lowest BCUT2D eigenvalue weighted by molar-refractivity contribution is 0.101. The summed E-state index contributed by atoms with van der Waals surface area (Å²) in [5, 5.41) is -0.410. The number of carbonyl (C=O) groups is 1. The van der Waals surface area contributed by atoms with Crippen molar-refractivity contribution < 1.29 is 13.2 Å². The van der Waals surface area contributed by atoms with E-state index < -0.39 is 15.1 Å². The molecule has 4 heteroatoms. The molecule has 1 aromatic rings. The Bertz CT molecular complexity index is 517. The second-order valence-electron chi connectivity index (χ2n) is 4.18. The van der Waals surface area contributed by atoms with Gasteiger partial charge in [-0.05, 0) is 31.4 Å². The maximum atomic E-state index is 11.8. The number of carbonyl (C=O) groups excluding carboxylic acids is 1. The van der Waals surface area contributed by atoms with Gasteiger partial charge in [-0.1, -0.05) is 18.2 Å². The number of Topliss-reactive ketones (excluding diaryl/α,β-unsaturated/α-hetero) is 1. The molecule has 16 heavy (non-hydrogen) atoms. The van der Waals surface area contributed by atoms with Crippen molar-refractivity contribution in [1.82, 2.24) is 0 Å². The van der Waals surface area contributed by atoms with Crippen molar-refractivity contribution in [3.05, 3.63) is 35.4 Å². The van der Waals surface area contributed by atoms with Crippen LogP contribution in [-0.2, 0) is 9.84 Å². The molecule has 1 aliphatic rings. The zero-order chi connectivity index (χ0) is 11.8. The Morgan fingerprint density at radius 1 is 1.38 bits per heavy atom. The minimum Gasteiger partial charge on any atom is -0.295 e. The maximum Gasteiger partial charge on any atom is 0.159 e. The minimum absolute atomic E-state index is 0.0303. The summed E-state index contributed by atoms with van der Waals surface area (Å²) in [6.45, 7) is 1.49. The molecule has 1 heterocycles. The summed E-state index contributed by atoms with van der Waals surface area (Å²) >= 11 is 0. The van der Waals surface area contributed by atoms with Crippen molar-refractivity contribution in [3.63, 3.8) is 0 Å². The van der Waals surface area contributed by atoms with Crippen molar-refractivity contribution in [2.24, 2.45) is 0 Å². The summed E-state index contributed by atoms with van der Waals surface area (Å²) < 4.78 is 23.5. The minimum atomic E-state index is -2.99. The van der Waals surface area contributed by atoms with E-state index in [4.69, 9.17) is 0 Å². The summed E-state index contributed by atoms with van der Waals surface area (Å²) in [5.74, 6) is 0.236. The van der Waals surface area contributed by atoms with Gasteiger partial charge in [-0.25, -0.2) is 8.42 Å². The molecule has 2 rings (SSSR count). The van der Waals surface area contributed by atoms with Crippen molar-refractivity contribution in [2.45, 2.75) is 25.0 Å². The van der Waals surface area contributed by atoms with Gasteiger partial charge in [0.1, 0.15) is 0 Å². The van der Waals surface area contributed by atoms with Crippen LogP contribution in [0.3, 0.4) is 0 Å². The van der Waals surface area contributed by atoms with Gasteiger partial charge in [-0.2, -0.15) is 0 Å². The molecule has 0 radical (unpaired) electrons. The molecule has 1 fully saturated rings. The number of hydrogen-bond donors (Lipinski definition) is 0. The average molecular weight is 238 g/mol. The zero-order valence-corrected chi connectivity index (χ0v) is 9.96. The highest BCUT2D eigenvalue weighted by Crippen LogP contribution is 2.34. The van der Waals surface area contributed by atoms with Gasteiger partial charge >= 0.3 is 0 Å². The Balaban J connectivity index is 2.41. The quantitative estimate of drug-likeness (QED) is 0.742. The third kappa shape index (κ3) is 2.02. The number of hydrogen-bond acceptors (Lipinski definition) is 3. The predicted octanol–water partition coefficient (Wildman–Crippen LogP) is 2.14. The van der Waals surface area contributed by atoms with E-state index >= 15 is 0 Å². The van der Waals surface area contributed by atoms with Gasteiger partial charge in [0.15, 0.2) is 15.6 Å². The molecule has 0 aliphatic carbocycles. The summed E-state index contributed by atoms with van der Waals surface area (Å²) in [6.07, 6.45) is 1.39. The molecule has 0 saturated carbocycles. The Hall–Kier alpha value is -1.16. The largest absolute Gasteiger partial charge is 0.295 e. The van der Waals surface area contributed by atoms with Crippen molar-refractivity contribution in [3.8, 4) is 0 Å². The third-order valence-electron chi connectivity index (χ3n) is 2.99. The van der Waals surface area contributed by atoms with Crippen LogP contribution in [0.1, 0.15) is 40.9 Å². The summed E-state index contributed by atoms with van der Waals surface area (Å²) in [6, 6.07) is 6.96. The number of rotatable bonds is 2. The molecule has 0 N–H and O–H groups in total. The zero-order valence-electron chi connectivity index (χ0n) is 9.14. The monoisotopic (exact) mass is 238 g/mol. The SMILES string of the molecule is CC(=O)c1cccc(C2CCCS2(=O)=O)c1. The normalized spacial score (nSPS) is 23.2. The molecule has 1 saturated heterocycles. The highest BCUT2D eigenvalue weighted by molar-refractivity contribution is 7.91. The fourth-order valence-electron chi connectivity index (χ4n) is 2.12. The molecule has 0 aromatic heterocycles. The number of ketones is 1. The van der Waals surface area contributed by atoms with E-state index in [1.807, 2.05) is 0 Å². The van der Waals surface area contributed by atoms with Crippen LogP contribution < -0.4 is 0 Å². The Labute approximate surface area is 95.4 Å². The Kier molecular flexibility index (Phi) is 2.84. The lowest BCUT2D eigenvalue weighted by Crippen LogP contribution is -2.08. The van der Waals surface area contributed by atoms with Crippen LogP contribution in [0, 0.1) is 0 Å². The van der Waals surface area contributed by atoms with Crippen LogP contribution >= 0.6 is 0 Å². The molecule has 0 amide bonds. The predicted molar refractivity (Wildman–Crippen MR) is 62.2 cm³/mol. The van der Waals surface area contributed by atoms with Crippen molar-refractivity contribution in [2.75, 3.05) is 5.75 Å². The highest BCUT2D eigenvalue weighted by Gasteiger charge is 2.32. The smallest absolute Gasteiger partial charge is 0.159 e. The van der Waals surface area contributed by atoms with Gasteiger partial charge in [-0.3, -0.25) is 4.79 Å². The van der Waals surface area contributed by atoms with E-state index in [9.17, 15) is 13.2 Å². The van der Waals surface area contributed by atoms with Gasteiger partial charge in [0.25, 0.3) is 0 Å². The first-order chi connectivity index (χ1) is 7.50. The van der Waals surface area contributed by atoms with Crippen LogP contribution in [-0.4, -0.2) is 20.0 Å². The molecular formula is C12H14O3S. The van der Waals surface area contributed by atoms with E-state index in [0.29, 0.717) is 12.0 Å². The maximum absolute atomic E-state index is 11.8. The van der Waals surface area contributed by atoms with Gasteiger partial charge in [-0.15, -0.1) is 0 Å². The van der Waals surface area contributed by atoms with E-state index in [0.717, 1.165) is 12.0 Å². The lowest BCUT2D eigenvalue weighted by Gasteiger charge is -2.10. The van der Waals surface area contributed by atoms with E-state index in [1.54, 1.807) is 24.3 Å². The molecular weight excluding hydrogens is 224 g/mol. The highest BCUT2D eigenvalue weighted by atomic mass is 32.2. The van der Waals surface area contributed by atoms with Gasteiger partial charge in [0.05, 0.1) is 11.0 Å². The van der Waals surface area contributed by atoms with Crippen LogP contribution in [0.15, 0.2) is 24.3 Å². The molecule has 1 aliphatic heterocycles. The lowest BCUT2D eigenvalue weighted by atomic mass is 10.0. The molecule has 0 bridgehead atoms. The number of sulfone groups is 1. The molecule has 1 unspecified atom stereocenters. The number of benzene rings is 1. The fourth-order valence-corrected chi connectivity index (χ4v) is 4.06.